The topological polar surface area (TPSA) is 33.4 Å². The zero-order valence-corrected chi connectivity index (χ0v) is 8.39. The van der Waals surface area contributed by atoms with Gasteiger partial charge in [0.05, 0.1) is 25.0 Å². The Hall–Kier alpha value is -1.65. The Bertz CT molecular complexity index is 501. The Labute approximate surface area is 86.3 Å². The Kier molecular flexibility index (Phi) is 1.68. The number of pyridine rings is 1. The summed E-state index contributed by atoms with van der Waals surface area (Å²) in [5, 5.41) is 4.22. The largest absolute Gasteiger partial charge is 0.364 e. The molecule has 4 nitrogen and oxygen atoms in total. The number of hydrogen-bond acceptors (Lipinski definition) is 3. The van der Waals surface area contributed by atoms with Crippen molar-refractivity contribution in [2.75, 3.05) is 18.0 Å². The first kappa shape index (κ1) is 8.64. The number of anilines is 1. The first-order chi connectivity index (χ1) is 7.22. The van der Waals surface area contributed by atoms with E-state index in [1.165, 1.54) is 0 Å². The van der Waals surface area contributed by atoms with E-state index in [1.54, 1.807) is 4.52 Å². The standard InChI is InChI=1S/C10H11FN4/c1-7-12-10-3-2-9(6-15(10)13-7)14-4-8(11)5-14/h2-3,6,8H,4-5H2,1H3. The number of aryl methyl sites for hydroxylation is 1. The number of fused-ring (bicyclic) bond motifs is 1. The molecule has 0 saturated carbocycles. The van der Waals surface area contributed by atoms with Crippen molar-refractivity contribution < 1.29 is 4.39 Å². The summed E-state index contributed by atoms with van der Waals surface area (Å²) < 4.78 is 14.4. The first-order valence-electron chi connectivity index (χ1n) is 4.94. The van der Waals surface area contributed by atoms with E-state index in [0.29, 0.717) is 13.1 Å². The SMILES string of the molecule is Cc1nc2ccc(N3CC(F)C3)cn2n1. The fourth-order valence-corrected chi connectivity index (χ4v) is 1.81. The van der Waals surface area contributed by atoms with Gasteiger partial charge in [-0.3, -0.25) is 0 Å². The molecule has 2 aromatic heterocycles. The maximum atomic E-state index is 12.7. The molecule has 0 aromatic carbocycles. The van der Waals surface area contributed by atoms with Gasteiger partial charge >= 0.3 is 0 Å². The lowest BCUT2D eigenvalue weighted by atomic mass is 10.2. The van der Waals surface area contributed by atoms with Crippen molar-refractivity contribution in [3.05, 3.63) is 24.2 Å². The van der Waals surface area contributed by atoms with Gasteiger partial charge < -0.3 is 4.90 Å². The fraction of sp³-hybridized carbons (Fsp3) is 0.400. The number of nitrogens with zero attached hydrogens (tertiary/aromatic N) is 4. The Morgan fingerprint density at radius 2 is 2.20 bits per heavy atom. The molecule has 1 saturated heterocycles. The van der Waals surface area contributed by atoms with E-state index in [-0.39, 0.29) is 0 Å². The molecule has 0 radical (unpaired) electrons. The van der Waals surface area contributed by atoms with E-state index in [0.717, 1.165) is 17.2 Å². The third-order valence-corrected chi connectivity index (χ3v) is 2.62. The molecule has 1 fully saturated rings. The average Bonchev–Trinajstić information content (AvgIpc) is 2.52. The Morgan fingerprint density at radius 1 is 1.40 bits per heavy atom. The van der Waals surface area contributed by atoms with Crippen LogP contribution in [0.25, 0.3) is 5.65 Å². The van der Waals surface area contributed by atoms with Crippen LogP contribution in [0.3, 0.4) is 0 Å². The molecule has 0 bridgehead atoms. The number of alkyl halides is 1. The number of aromatic nitrogens is 3. The summed E-state index contributed by atoms with van der Waals surface area (Å²) in [4.78, 5) is 6.22. The second-order valence-corrected chi connectivity index (χ2v) is 3.85. The molecule has 1 aliphatic heterocycles. The van der Waals surface area contributed by atoms with Crippen LogP contribution >= 0.6 is 0 Å². The molecule has 0 atom stereocenters. The van der Waals surface area contributed by atoms with Gasteiger partial charge in [-0.15, -0.1) is 0 Å². The predicted molar refractivity (Wildman–Crippen MR) is 54.8 cm³/mol. The normalized spacial score (nSPS) is 17.1. The highest BCUT2D eigenvalue weighted by Gasteiger charge is 2.26. The van der Waals surface area contributed by atoms with Crippen molar-refractivity contribution in [3.63, 3.8) is 0 Å². The van der Waals surface area contributed by atoms with Crippen LogP contribution in [-0.2, 0) is 0 Å². The second-order valence-electron chi connectivity index (χ2n) is 3.85. The quantitative estimate of drug-likeness (QED) is 0.703. The molecule has 3 rings (SSSR count). The van der Waals surface area contributed by atoms with Crippen LogP contribution in [0.4, 0.5) is 10.1 Å². The number of hydrogen-bond donors (Lipinski definition) is 0. The predicted octanol–water partition coefficient (Wildman–Crippen LogP) is 1.20. The van der Waals surface area contributed by atoms with E-state index < -0.39 is 6.17 Å². The van der Waals surface area contributed by atoms with Gasteiger partial charge in [0.2, 0.25) is 0 Å². The van der Waals surface area contributed by atoms with Crippen molar-refractivity contribution >= 4 is 11.3 Å². The zero-order valence-electron chi connectivity index (χ0n) is 8.39. The van der Waals surface area contributed by atoms with Gasteiger partial charge in [-0.1, -0.05) is 0 Å². The van der Waals surface area contributed by atoms with E-state index in [1.807, 2.05) is 30.2 Å². The lowest BCUT2D eigenvalue weighted by Gasteiger charge is -2.36. The molecule has 5 heteroatoms. The molecule has 0 amide bonds. The van der Waals surface area contributed by atoms with Crippen LogP contribution in [-0.4, -0.2) is 33.9 Å². The molecular formula is C10H11FN4. The lowest BCUT2D eigenvalue weighted by Crippen LogP contribution is -2.48. The van der Waals surface area contributed by atoms with Crippen LogP contribution in [0.15, 0.2) is 18.3 Å². The van der Waals surface area contributed by atoms with Crippen LogP contribution in [0, 0.1) is 6.92 Å². The maximum absolute atomic E-state index is 12.7. The van der Waals surface area contributed by atoms with Gasteiger partial charge in [0, 0.05) is 0 Å². The molecule has 78 valence electrons. The van der Waals surface area contributed by atoms with Crippen LogP contribution in [0.2, 0.25) is 0 Å². The highest BCUT2D eigenvalue weighted by molar-refractivity contribution is 5.53. The Balaban J connectivity index is 1.99. The van der Waals surface area contributed by atoms with Crippen molar-refractivity contribution in [1.29, 1.82) is 0 Å². The van der Waals surface area contributed by atoms with Crippen LogP contribution in [0.5, 0.6) is 0 Å². The zero-order chi connectivity index (χ0) is 10.4. The van der Waals surface area contributed by atoms with E-state index in [9.17, 15) is 4.39 Å². The molecule has 2 aromatic rings. The minimum Gasteiger partial charge on any atom is -0.364 e. The first-order valence-corrected chi connectivity index (χ1v) is 4.94. The molecule has 0 spiro atoms. The second kappa shape index (κ2) is 2.92. The summed E-state index contributed by atoms with van der Waals surface area (Å²) in [6.07, 6.45) is 1.21. The molecule has 15 heavy (non-hydrogen) atoms. The summed E-state index contributed by atoms with van der Waals surface area (Å²) in [6, 6.07) is 3.86. The summed E-state index contributed by atoms with van der Waals surface area (Å²) in [7, 11) is 0. The monoisotopic (exact) mass is 206 g/mol. The lowest BCUT2D eigenvalue weighted by molar-refractivity contribution is 0.274. The number of rotatable bonds is 1. The fourth-order valence-electron chi connectivity index (χ4n) is 1.81. The molecule has 0 N–H and O–H groups in total. The van der Waals surface area contributed by atoms with Crippen LogP contribution in [0.1, 0.15) is 5.82 Å². The third-order valence-electron chi connectivity index (χ3n) is 2.62. The number of halogens is 1. The summed E-state index contributed by atoms with van der Waals surface area (Å²) in [5.41, 5.74) is 1.83. The molecule has 3 heterocycles. The molecule has 0 aliphatic carbocycles. The van der Waals surface area contributed by atoms with E-state index in [2.05, 4.69) is 10.1 Å². The van der Waals surface area contributed by atoms with Gasteiger partial charge in [-0.25, -0.2) is 13.9 Å². The summed E-state index contributed by atoms with van der Waals surface area (Å²) in [5.74, 6) is 0.749. The average molecular weight is 206 g/mol. The Morgan fingerprint density at radius 3 is 2.93 bits per heavy atom. The highest BCUT2D eigenvalue weighted by Crippen LogP contribution is 2.22. The summed E-state index contributed by atoms with van der Waals surface area (Å²) >= 11 is 0. The smallest absolute Gasteiger partial charge is 0.155 e. The van der Waals surface area contributed by atoms with Gasteiger partial charge in [0.1, 0.15) is 12.0 Å². The molecule has 0 unspecified atom stereocenters. The van der Waals surface area contributed by atoms with Gasteiger partial charge in [0.15, 0.2) is 5.65 Å². The highest BCUT2D eigenvalue weighted by atomic mass is 19.1. The minimum absolute atomic E-state index is 0.485. The van der Waals surface area contributed by atoms with Gasteiger partial charge in [-0.2, -0.15) is 5.10 Å². The van der Waals surface area contributed by atoms with Crippen molar-refractivity contribution in [1.82, 2.24) is 14.6 Å². The van der Waals surface area contributed by atoms with E-state index in [4.69, 9.17) is 0 Å². The van der Waals surface area contributed by atoms with Crippen molar-refractivity contribution in [2.24, 2.45) is 0 Å². The van der Waals surface area contributed by atoms with Crippen molar-refractivity contribution in [2.45, 2.75) is 13.1 Å². The van der Waals surface area contributed by atoms with Gasteiger partial charge in [-0.05, 0) is 19.1 Å². The maximum Gasteiger partial charge on any atom is 0.155 e. The molecular weight excluding hydrogens is 195 g/mol. The van der Waals surface area contributed by atoms with E-state index >= 15 is 0 Å². The minimum atomic E-state index is -0.682. The van der Waals surface area contributed by atoms with Crippen LogP contribution < -0.4 is 4.90 Å². The van der Waals surface area contributed by atoms with Crippen molar-refractivity contribution in [3.8, 4) is 0 Å². The third kappa shape index (κ3) is 1.35. The summed E-state index contributed by atoms with van der Waals surface area (Å²) in [6.45, 7) is 2.83. The van der Waals surface area contributed by atoms with Gasteiger partial charge in [0.25, 0.3) is 0 Å². The molecule has 1 aliphatic rings.